The fourth-order valence-corrected chi connectivity index (χ4v) is 5.21. The Balaban J connectivity index is 1.40. The number of ether oxygens (including phenoxy) is 4. The SMILES string of the molecule is c1ccc2c(c1)N(CC1CCCCO1)CC21COc2cc3c(cc21)OCCO3. The summed E-state index contributed by atoms with van der Waals surface area (Å²) in [5, 5.41) is 0. The summed E-state index contributed by atoms with van der Waals surface area (Å²) >= 11 is 0. The molecule has 1 fully saturated rings. The number of fused-ring (bicyclic) bond motifs is 5. The third kappa shape index (κ3) is 2.42. The Morgan fingerprint density at radius 3 is 2.61 bits per heavy atom. The van der Waals surface area contributed by atoms with Crippen LogP contribution in [0.25, 0.3) is 0 Å². The van der Waals surface area contributed by atoms with Crippen molar-refractivity contribution in [2.75, 3.05) is 44.4 Å². The summed E-state index contributed by atoms with van der Waals surface area (Å²) in [7, 11) is 0. The third-order valence-electron chi connectivity index (χ3n) is 6.55. The standard InChI is InChI=1S/C23H25NO4/c1-2-7-19-17(6-1)23(14-24(19)13-16-5-3-4-8-25-16)15-28-20-12-22-21(11-18(20)23)26-9-10-27-22/h1-2,6-7,11-12,16H,3-5,8-10,13-15H2. The minimum Gasteiger partial charge on any atom is -0.492 e. The van der Waals surface area contributed by atoms with Gasteiger partial charge in [-0.1, -0.05) is 18.2 Å². The number of para-hydroxylation sites is 1. The molecular weight excluding hydrogens is 354 g/mol. The molecule has 5 heteroatoms. The van der Waals surface area contributed by atoms with Gasteiger partial charge in [0.25, 0.3) is 0 Å². The highest BCUT2D eigenvalue weighted by atomic mass is 16.6. The van der Waals surface area contributed by atoms with Crippen molar-refractivity contribution in [2.45, 2.75) is 30.8 Å². The van der Waals surface area contributed by atoms with E-state index in [0.717, 1.165) is 43.4 Å². The van der Waals surface area contributed by atoms with Crippen LogP contribution in [0.2, 0.25) is 0 Å². The van der Waals surface area contributed by atoms with E-state index in [1.54, 1.807) is 0 Å². The molecule has 4 aliphatic heterocycles. The largest absolute Gasteiger partial charge is 0.492 e. The molecule has 0 bridgehead atoms. The molecule has 4 heterocycles. The Hall–Kier alpha value is -2.40. The topological polar surface area (TPSA) is 40.2 Å². The second kappa shape index (κ2) is 6.31. The van der Waals surface area contributed by atoms with Gasteiger partial charge in [0.05, 0.1) is 11.5 Å². The molecule has 2 aromatic rings. The van der Waals surface area contributed by atoms with Crippen LogP contribution in [-0.2, 0) is 10.2 Å². The smallest absolute Gasteiger partial charge is 0.165 e. The zero-order chi connectivity index (χ0) is 18.6. The second-order valence-corrected chi connectivity index (χ2v) is 8.25. The van der Waals surface area contributed by atoms with Gasteiger partial charge in [0.15, 0.2) is 11.5 Å². The van der Waals surface area contributed by atoms with E-state index in [4.69, 9.17) is 18.9 Å². The van der Waals surface area contributed by atoms with E-state index >= 15 is 0 Å². The van der Waals surface area contributed by atoms with Crippen molar-refractivity contribution < 1.29 is 18.9 Å². The first-order valence-electron chi connectivity index (χ1n) is 10.4. The van der Waals surface area contributed by atoms with Crippen molar-refractivity contribution in [3.05, 3.63) is 47.5 Å². The molecule has 146 valence electrons. The van der Waals surface area contributed by atoms with Crippen LogP contribution in [0.1, 0.15) is 30.4 Å². The number of hydrogen-bond acceptors (Lipinski definition) is 5. The van der Waals surface area contributed by atoms with Crippen molar-refractivity contribution >= 4 is 5.69 Å². The van der Waals surface area contributed by atoms with Gasteiger partial charge < -0.3 is 23.8 Å². The molecule has 1 spiro atoms. The van der Waals surface area contributed by atoms with Gasteiger partial charge in [0.2, 0.25) is 0 Å². The van der Waals surface area contributed by atoms with Crippen LogP contribution < -0.4 is 19.1 Å². The average Bonchev–Trinajstić information content (AvgIpc) is 3.26. The summed E-state index contributed by atoms with van der Waals surface area (Å²) in [5.41, 5.74) is 3.72. The lowest BCUT2D eigenvalue weighted by Gasteiger charge is -2.30. The molecule has 0 N–H and O–H groups in total. The Kier molecular flexibility index (Phi) is 3.73. The minimum atomic E-state index is -0.156. The third-order valence-corrected chi connectivity index (χ3v) is 6.55. The van der Waals surface area contributed by atoms with Gasteiger partial charge in [-0.25, -0.2) is 0 Å². The van der Waals surface area contributed by atoms with E-state index in [-0.39, 0.29) is 5.41 Å². The molecule has 5 nitrogen and oxygen atoms in total. The van der Waals surface area contributed by atoms with E-state index < -0.39 is 0 Å². The predicted octanol–water partition coefficient (Wildman–Crippen LogP) is 3.53. The van der Waals surface area contributed by atoms with Crippen LogP contribution in [0.3, 0.4) is 0 Å². The molecule has 0 aromatic heterocycles. The lowest BCUT2D eigenvalue weighted by Crippen LogP contribution is -2.40. The van der Waals surface area contributed by atoms with Crippen molar-refractivity contribution in [1.29, 1.82) is 0 Å². The Bertz CT molecular complexity index is 907. The monoisotopic (exact) mass is 379 g/mol. The number of anilines is 1. The van der Waals surface area contributed by atoms with E-state index in [2.05, 4.69) is 35.2 Å². The molecule has 0 saturated carbocycles. The number of rotatable bonds is 2. The normalized spacial score (nSPS) is 27.4. The first-order valence-corrected chi connectivity index (χ1v) is 10.4. The van der Waals surface area contributed by atoms with Crippen LogP contribution in [0, 0.1) is 0 Å². The van der Waals surface area contributed by atoms with Crippen LogP contribution in [0.5, 0.6) is 17.2 Å². The first-order chi connectivity index (χ1) is 13.8. The number of hydrogen-bond donors (Lipinski definition) is 0. The van der Waals surface area contributed by atoms with Gasteiger partial charge in [0, 0.05) is 37.0 Å². The van der Waals surface area contributed by atoms with E-state index in [1.807, 2.05) is 6.07 Å². The molecule has 2 atom stereocenters. The zero-order valence-electron chi connectivity index (χ0n) is 16.0. The van der Waals surface area contributed by atoms with E-state index in [9.17, 15) is 0 Å². The summed E-state index contributed by atoms with van der Waals surface area (Å²) in [5.74, 6) is 2.55. The van der Waals surface area contributed by atoms with Crippen LogP contribution in [0.15, 0.2) is 36.4 Å². The van der Waals surface area contributed by atoms with E-state index in [0.29, 0.717) is 25.9 Å². The highest BCUT2D eigenvalue weighted by Crippen LogP contribution is 2.54. The fraction of sp³-hybridized carbons (Fsp3) is 0.478. The van der Waals surface area contributed by atoms with Crippen LogP contribution in [0.4, 0.5) is 5.69 Å². The maximum absolute atomic E-state index is 6.20. The minimum absolute atomic E-state index is 0.156. The second-order valence-electron chi connectivity index (χ2n) is 8.25. The highest BCUT2D eigenvalue weighted by molar-refractivity contribution is 5.70. The Labute approximate surface area is 165 Å². The van der Waals surface area contributed by atoms with Crippen LogP contribution >= 0.6 is 0 Å². The van der Waals surface area contributed by atoms with Gasteiger partial charge >= 0.3 is 0 Å². The van der Waals surface area contributed by atoms with Gasteiger partial charge in [-0.05, 0) is 37.0 Å². The predicted molar refractivity (Wildman–Crippen MR) is 106 cm³/mol. The molecule has 0 amide bonds. The zero-order valence-corrected chi connectivity index (χ0v) is 16.0. The fourth-order valence-electron chi connectivity index (χ4n) is 5.21. The number of benzene rings is 2. The summed E-state index contributed by atoms with van der Waals surface area (Å²) in [6, 6.07) is 12.9. The quantitative estimate of drug-likeness (QED) is 0.798. The maximum Gasteiger partial charge on any atom is 0.165 e. The molecule has 6 rings (SSSR count). The van der Waals surface area contributed by atoms with Crippen molar-refractivity contribution in [1.82, 2.24) is 0 Å². The molecular formula is C23H25NO4. The molecule has 28 heavy (non-hydrogen) atoms. The number of nitrogens with zero attached hydrogens (tertiary/aromatic N) is 1. The summed E-state index contributed by atoms with van der Waals surface area (Å²) in [6.45, 7) is 4.60. The Morgan fingerprint density at radius 2 is 1.75 bits per heavy atom. The lowest BCUT2D eigenvalue weighted by molar-refractivity contribution is 0.0209. The molecule has 0 aliphatic carbocycles. The summed E-state index contributed by atoms with van der Waals surface area (Å²) < 4.78 is 23.9. The van der Waals surface area contributed by atoms with Crippen molar-refractivity contribution in [3.63, 3.8) is 0 Å². The summed E-state index contributed by atoms with van der Waals surface area (Å²) in [6.07, 6.45) is 3.92. The van der Waals surface area contributed by atoms with Crippen LogP contribution in [-0.4, -0.2) is 45.6 Å². The molecule has 4 aliphatic rings. The molecule has 2 unspecified atom stereocenters. The van der Waals surface area contributed by atoms with Crippen molar-refractivity contribution in [2.24, 2.45) is 0 Å². The van der Waals surface area contributed by atoms with E-state index in [1.165, 1.54) is 29.7 Å². The molecule has 0 radical (unpaired) electrons. The van der Waals surface area contributed by atoms with Gasteiger partial charge in [-0.2, -0.15) is 0 Å². The Morgan fingerprint density at radius 1 is 0.893 bits per heavy atom. The average molecular weight is 379 g/mol. The maximum atomic E-state index is 6.20. The van der Waals surface area contributed by atoms with Crippen molar-refractivity contribution in [3.8, 4) is 17.2 Å². The highest BCUT2D eigenvalue weighted by Gasteiger charge is 2.50. The lowest BCUT2D eigenvalue weighted by atomic mass is 9.77. The van der Waals surface area contributed by atoms with Gasteiger partial charge in [-0.15, -0.1) is 0 Å². The molecule has 1 saturated heterocycles. The first kappa shape index (κ1) is 16.5. The van der Waals surface area contributed by atoms with Gasteiger partial charge in [-0.3, -0.25) is 0 Å². The van der Waals surface area contributed by atoms with Gasteiger partial charge in [0.1, 0.15) is 25.6 Å². The summed E-state index contributed by atoms with van der Waals surface area (Å²) in [4.78, 5) is 2.50. The molecule has 2 aromatic carbocycles.